The zero-order valence-electron chi connectivity index (χ0n) is 14.9. The van der Waals surface area contributed by atoms with E-state index >= 15 is 0 Å². The second-order valence-electron chi connectivity index (χ2n) is 6.49. The first kappa shape index (κ1) is 16.3. The Bertz CT molecular complexity index is 1310. The summed E-state index contributed by atoms with van der Waals surface area (Å²) in [5.41, 5.74) is 2.38. The van der Waals surface area contributed by atoms with Gasteiger partial charge in [-0.1, -0.05) is 11.3 Å². The van der Waals surface area contributed by atoms with Gasteiger partial charge in [-0.2, -0.15) is 0 Å². The fourth-order valence-corrected chi connectivity index (χ4v) is 3.23. The van der Waals surface area contributed by atoms with E-state index in [4.69, 9.17) is 9.47 Å². The molecule has 0 spiro atoms. The molecule has 0 saturated carbocycles. The monoisotopic (exact) mass is 377 g/mol. The lowest BCUT2D eigenvalue weighted by atomic mass is 10.2. The van der Waals surface area contributed by atoms with Gasteiger partial charge < -0.3 is 19.8 Å². The highest BCUT2D eigenvalue weighted by molar-refractivity contribution is 6.07. The van der Waals surface area contributed by atoms with Crippen LogP contribution in [0.15, 0.2) is 41.2 Å². The maximum absolute atomic E-state index is 12.7. The van der Waals surface area contributed by atoms with Crippen LogP contribution < -0.4 is 20.3 Å². The van der Waals surface area contributed by atoms with Gasteiger partial charge in [-0.25, -0.2) is 4.52 Å². The number of rotatable bonds is 2. The standard InChI is InChI=1S/C19H15N5O4/c1-10-2-4-13-12(8-10)21-19(26)17-16(22-23-24(13)17)18(25)20-11-3-5-14-15(9-11)28-7-6-27-14/h2-5,8-9H,6-7H2,1H3,(H,20,25)(H,21,26). The molecule has 0 fully saturated rings. The Morgan fingerprint density at radius 3 is 2.82 bits per heavy atom. The number of carbonyl (C=O) groups is 1. The molecule has 2 aromatic heterocycles. The van der Waals surface area contributed by atoms with Crippen LogP contribution in [0.1, 0.15) is 16.1 Å². The van der Waals surface area contributed by atoms with Gasteiger partial charge in [0.15, 0.2) is 22.7 Å². The second-order valence-corrected chi connectivity index (χ2v) is 6.49. The van der Waals surface area contributed by atoms with E-state index in [1.807, 2.05) is 25.1 Å². The van der Waals surface area contributed by atoms with E-state index in [-0.39, 0.29) is 11.2 Å². The molecule has 3 heterocycles. The largest absolute Gasteiger partial charge is 0.486 e. The van der Waals surface area contributed by atoms with Gasteiger partial charge in [-0.3, -0.25) is 9.59 Å². The van der Waals surface area contributed by atoms with Crippen LogP contribution in [0.2, 0.25) is 0 Å². The Morgan fingerprint density at radius 2 is 1.96 bits per heavy atom. The van der Waals surface area contributed by atoms with Gasteiger partial charge in [-0.05, 0) is 36.8 Å². The quantitative estimate of drug-likeness (QED) is 0.552. The minimum atomic E-state index is -0.538. The van der Waals surface area contributed by atoms with Gasteiger partial charge in [-0.15, -0.1) is 5.10 Å². The number of carbonyl (C=O) groups excluding carboxylic acids is 1. The van der Waals surface area contributed by atoms with Crippen molar-refractivity contribution >= 4 is 28.1 Å². The molecule has 28 heavy (non-hydrogen) atoms. The van der Waals surface area contributed by atoms with Crippen LogP contribution in [0.25, 0.3) is 16.6 Å². The fraction of sp³-hybridized carbons (Fsp3) is 0.158. The van der Waals surface area contributed by atoms with Gasteiger partial charge in [0.05, 0.1) is 11.0 Å². The number of fused-ring (bicyclic) bond motifs is 4. The molecule has 0 atom stereocenters. The molecule has 1 amide bonds. The summed E-state index contributed by atoms with van der Waals surface area (Å²) >= 11 is 0. The van der Waals surface area contributed by atoms with E-state index in [9.17, 15) is 9.59 Å². The molecule has 0 saturated heterocycles. The molecule has 9 heteroatoms. The summed E-state index contributed by atoms with van der Waals surface area (Å²) in [7, 11) is 0. The van der Waals surface area contributed by atoms with E-state index in [2.05, 4.69) is 20.6 Å². The van der Waals surface area contributed by atoms with Crippen molar-refractivity contribution < 1.29 is 14.3 Å². The summed E-state index contributed by atoms with van der Waals surface area (Å²) in [6, 6.07) is 10.6. The van der Waals surface area contributed by atoms with Crippen LogP contribution in [0, 0.1) is 6.92 Å². The highest BCUT2D eigenvalue weighted by atomic mass is 16.6. The summed E-state index contributed by atoms with van der Waals surface area (Å²) in [5.74, 6) is 0.635. The van der Waals surface area contributed by atoms with Crippen molar-refractivity contribution in [2.75, 3.05) is 18.5 Å². The Labute approximate surface area is 157 Å². The summed E-state index contributed by atoms with van der Waals surface area (Å²) in [4.78, 5) is 28.1. The van der Waals surface area contributed by atoms with Crippen LogP contribution in [0.5, 0.6) is 11.5 Å². The summed E-state index contributed by atoms with van der Waals surface area (Å²) < 4.78 is 12.4. The predicted molar refractivity (Wildman–Crippen MR) is 101 cm³/mol. The lowest BCUT2D eigenvalue weighted by Crippen LogP contribution is -2.19. The molecule has 140 valence electrons. The molecule has 1 aliphatic heterocycles. The molecule has 9 nitrogen and oxygen atoms in total. The number of benzene rings is 2. The van der Waals surface area contributed by atoms with Crippen molar-refractivity contribution in [1.29, 1.82) is 0 Å². The molecule has 4 aromatic rings. The van der Waals surface area contributed by atoms with Crippen molar-refractivity contribution in [3.63, 3.8) is 0 Å². The minimum absolute atomic E-state index is 0.0568. The van der Waals surface area contributed by atoms with Crippen molar-refractivity contribution in [3.05, 3.63) is 58.0 Å². The molecule has 2 aromatic carbocycles. The van der Waals surface area contributed by atoms with Gasteiger partial charge in [0.1, 0.15) is 13.2 Å². The molecule has 0 bridgehead atoms. The third-order valence-corrected chi connectivity index (χ3v) is 4.53. The number of nitrogens with one attached hydrogen (secondary N) is 2. The first-order chi connectivity index (χ1) is 13.6. The van der Waals surface area contributed by atoms with Crippen LogP contribution >= 0.6 is 0 Å². The molecule has 0 unspecified atom stereocenters. The normalized spacial score (nSPS) is 13.0. The summed E-state index contributed by atoms with van der Waals surface area (Å²) in [6.07, 6.45) is 0. The predicted octanol–water partition coefficient (Wildman–Crippen LogP) is 1.90. The molecule has 0 aliphatic carbocycles. The summed E-state index contributed by atoms with van der Waals surface area (Å²) in [5, 5.41) is 10.7. The van der Waals surface area contributed by atoms with Crippen molar-refractivity contribution in [1.82, 2.24) is 19.8 Å². The smallest absolute Gasteiger partial charge is 0.278 e. The molecular weight excluding hydrogens is 362 g/mol. The molecule has 2 N–H and O–H groups in total. The van der Waals surface area contributed by atoms with Crippen LogP contribution in [-0.4, -0.2) is 38.9 Å². The Balaban J connectivity index is 1.55. The van der Waals surface area contributed by atoms with Gasteiger partial charge in [0.2, 0.25) is 0 Å². The van der Waals surface area contributed by atoms with Crippen molar-refractivity contribution in [3.8, 4) is 11.5 Å². The van der Waals surface area contributed by atoms with E-state index in [1.165, 1.54) is 4.52 Å². The second kappa shape index (κ2) is 6.08. The van der Waals surface area contributed by atoms with E-state index in [0.717, 1.165) is 5.56 Å². The average Bonchev–Trinajstić information content (AvgIpc) is 3.14. The number of hydrogen-bond donors (Lipinski definition) is 2. The molecule has 1 aliphatic rings. The number of aromatic amines is 1. The van der Waals surface area contributed by atoms with E-state index < -0.39 is 11.5 Å². The van der Waals surface area contributed by atoms with Gasteiger partial charge >= 0.3 is 0 Å². The lowest BCUT2D eigenvalue weighted by molar-refractivity contribution is 0.102. The fourth-order valence-electron chi connectivity index (χ4n) is 3.23. The Morgan fingerprint density at radius 1 is 1.14 bits per heavy atom. The highest BCUT2D eigenvalue weighted by Gasteiger charge is 2.21. The topological polar surface area (TPSA) is 111 Å². The number of aromatic nitrogens is 4. The number of hydrogen-bond acceptors (Lipinski definition) is 6. The van der Waals surface area contributed by atoms with E-state index in [0.29, 0.717) is 41.4 Å². The Kier molecular flexibility index (Phi) is 3.54. The molecule has 0 radical (unpaired) electrons. The van der Waals surface area contributed by atoms with Gasteiger partial charge in [0.25, 0.3) is 11.5 Å². The first-order valence-electron chi connectivity index (χ1n) is 8.69. The maximum Gasteiger partial charge on any atom is 0.278 e. The van der Waals surface area contributed by atoms with Crippen LogP contribution in [-0.2, 0) is 0 Å². The number of nitrogens with zero attached hydrogens (tertiary/aromatic N) is 3. The lowest BCUT2D eigenvalue weighted by Gasteiger charge is -2.18. The SMILES string of the molecule is Cc1ccc2c(c1)[nH]c(=O)c1c(C(=O)Nc3ccc4c(c3)OCCO4)nnn12. The average molecular weight is 377 g/mol. The van der Waals surface area contributed by atoms with Crippen LogP contribution in [0.4, 0.5) is 5.69 Å². The van der Waals surface area contributed by atoms with E-state index in [1.54, 1.807) is 18.2 Å². The first-order valence-corrected chi connectivity index (χ1v) is 8.69. The number of aryl methyl sites for hydroxylation is 1. The minimum Gasteiger partial charge on any atom is -0.486 e. The highest BCUT2D eigenvalue weighted by Crippen LogP contribution is 2.32. The van der Waals surface area contributed by atoms with Crippen molar-refractivity contribution in [2.24, 2.45) is 0 Å². The Hall–Kier alpha value is -3.88. The van der Waals surface area contributed by atoms with Crippen molar-refractivity contribution in [2.45, 2.75) is 6.92 Å². The van der Waals surface area contributed by atoms with Crippen LogP contribution in [0.3, 0.4) is 0 Å². The molecule has 5 rings (SSSR count). The zero-order valence-corrected chi connectivity index (χ0v) is 14.9. The number of H-pyrrole nitrogens is 1. The van der Waals surface area contributed by atoms with Gasteiger partial charge in [0, 0.05) is 11.8 Å². The number of amides is 1. The summed E-state index contributed by atoms with van der Waals surface area (Å²) in [6.45, 7) is 2.86. The molecular formula is C19H15N5O4. The third kappa shape index (κ3) is 2.56. The number of ether oxygens (including phenoxy) is 2. The maximum atomic E-state index is 12.7. The third-order valence-electron chi connectivity index (χ3n) is 4.53. The number of anilines is 1. The zero-order chi connectivity index (χ0) is 19.3.